The fourth-order valence-corrected chi connectivity index (χ4v) is 2.92. The molecule has 0 bridgehead atoms. The Morgan fingerprint density at radius 2 is 2.25 bits per heavy atom. The van der Waals surface area contributed by atoms with Crippen LogP contribution in [0.3, 0.4) is 0 Å². The normalized spacial score (nSPS) is 15.1. The Kier molecular flexibility index (Phi) is 4.22. The van der Waals surface area contributed by atoms with Gasteiger partial charge in [-0.2, -0.15) is 4.98 Å². The lowest BCUT2D eigenvalue weighted by Gasteiger charge is -2.25. The summed E-state index contributed by atoms with van der Waals surface area (Å²) in [6.07, 6.45) is 0.899. The van der Waals surface area contributed by atoms with Crippen molar-refractivity contribution in [1.29, 1.82) is 0 Å². The molecule has 0 amide bonds. The molecule has 3 rings (SSSR count). The summed E-state index contributed by atoms with van der Waals surface area (Å²) in [5.41, 5.74) is 0. The van der Waals surface area contributed by atoms with Crippen LogP contribution in [0.1, 0.15) is 11.7 Å². The highest BCUT2D eigenvalue weighted by molar-refractivity contribution is 7.98. The van der Waals surface area contributed by atoms with E-state index in [1.165, 1.54) is 0 Å². The van der Waals surface area contributed by atoms with Gasteiger partial charge in [0.1, 0.15) is 5.75 Å². The van der Waals surface area contributed by atoms with Crippen molar-refractivity contribution < 1.29 is 9.26 Å². The van der Waals surface area contributed by atoms with Gasteiger partial charge in [0.2, 0.25) is 5.89 Å². The number of nitrogens with one attached hydrogen (secondary N) is 1. The summed E-state index contributed by atoms with van der Waals surface area (Å²) in [6, 6.07) is 7.93. The Morgan fingerprint density at radius 1 is 1.40 bits per heavy atom. The Labute approximate surface area is 122 Å². The van der Waals surface area contributed by atoms with Gasteiger partial charge in [0, 0.05) is 11.3 Å². The standard InChI is InChI=1S/C14H17N3O2S/c1-18-11-4-2-3-5-12(11)20-9-14-16-13(17-19-14)6-10-7-15-8-10/h2-5,10,15H,6-9H2,1H3. The van der Waals surface area contributed by atoms with Crippen LogP contribution in [0.2, 0.25) is 0 Å². The van der Waals surface area contributed by atoms with Gasteiger partial charge in [0.15, 0.2) is 5.82 Å². The van der Waals surface area contributed by atoms with E-state index in [9.17, 15) is 0 Å². The highest BCUT2D eigenvalue weighted by Crippen LogP contribution is 2.30. The molecular weight excluding hydrogens is 274 g/mol. The minimum Gasteiger partial charge on any atom is -0.496 e. The van der Waals surface area contributed by atoms with Crippen LogP contribution in [0.5, 0.6) is 5.75 Å². The molecule has 1 saturated heterocycles. The van der Waals surface area contributed by atoms with Crippen LogP contribution in [0.25, 0.3) is 0 Å². The van der Waals surface area contributed by atoms with Crippen molar-refractivity contribution in [2.24, 2.45) is 5.92 Å². The minimum atomic E-state index is 0.655. The second kappa shape index (κ2) is 6.28. The summed E-state index contributed by atoms with van der Waals surface area (Å²) in [4.78, 5) is 5.52. The van der Waals surface area contributed by atoms with Crippen molar-refractivity contribution in [3.05, 3.63) is 36.0 Å². The first-order valence-electron chi connectivity index (χ1n) is 6.63. The summed E-state index contributed by atoms with van der Waals surface area (Å²) >= 11 is 1.64. The van der Waals surface area contributed by atoms with E-state index < -0.39 is 0 Å². The number of ether oxygens (including phenoxy) is 1. The third-order valence-corrected chi connectivity index (χ3v) is 4.31. The zero-order valence-corrected chi connectivity index (χ0v) is 12.2. The van der Waals surface area contributed by atoms with Gasteiger partial charge in [-0.1, -0.05) is 17.3 Å². The van der Waals surface area contributed by atoms with E-state index >= 15 is 0 Å². The average Bonchev–Trinajstić information content (AvgIpc) is 2.89. The number of hydrogen-bond donors (Lipinski definition) is 1. The lowest BCUT2D eigenvalue weighted by molar-refractivity contribution is 0.330. The number of methoxy groups -OCH3 is 1. The maximum Gasteiger partial charge on any atom is 0.237 e. The fraction of sp³-hybridized carbons (Fsp3) is 0.429. The van der Waals surface area contributed by atoms with Crippen molar-refractivity contribution >= 4 is 11.8 Å². The number of aromatic nitrogens is 2. The van der Waals surface area contributed by atoms with E-state index in [1.54, 1.807) is 18.9 Å². The van der Waals surface area contributed by atoms with Crippen molar-refractivity contribution in [2.75, 3.05) is 20.2 Å². The molecule has 0 spiro atoms. The highest BCUT2D eigenvalue weighted by atomic mass is 32.2. The maximum absolute atomic E-state index is 5.32. The maximum atomic E-state index is 5.32. The molecule has 0 unspecified atom stereocenters. The SMILES string of the molecule is COc1ccccc1SCc1nc(CC2CNC2)no1. The number of nitrogens with zero attached hydrogens (tertiary/aromatic N) is 2. The van der Waals surface area contributed by atoms with Crippen molar-refractivity contribution in [2.45, 2.75) is 17.1 Å². The van der Waals surface area contributed by atoms with Gasteiger partial charge >= 0.3 is 0 Å². The molecule has 1 aliphatic rings. The van der Waals surface area contributed by atoms with Crippen molar-refractivity contribution in [3.63, 3.8) is 0 Å². The monoisotopic (exact) mass is 291 g/mol. The van der Waals surface area contributed by atoms with E-state index in [0.717, 1.165) is 36.0 Å². The quantitative estimate of drug-likeness (QED) is 0.823. The molecule has 1 N–H and O–H groups in total. The van der Waals surface area contributed by atoms with Crippen molar-refractivity contribution in [1.82, 2.24) is 15.5 Å². The molecule has 0 saturated carbocycles. The third-order valence-electron chi connectivity index (χ3n) is 3.27. The molecule has 1 aromatic carbocycles. The summed E-state index contributed by atoms with van der Waals surface area (Å²) in [6.45, 7) is 2.11. The molecule has 0 aliphatic carbocycles. The Balaban J connectivity index is 1.57. The van der Waals surface area contributed by atoms with Crippen LogP contribution in [0.15, 0.2) is 33.7 Å². The molecule has 1 aromatic heterocycles. The largest absolute Gasteiger partial charge is 0.496 e. The number of rotatable bonds is 6. The summed E-state index contributed by atoms with van der Waals surface area (Å²) in [5.74, 6) is 3.67. The van der Waals surface area contributed by atoms with Gasteiger partial charge in [0.05, 0.1) is 12.9 Å². The molecular formula is C14H17N3O2S. The van der Waals surface area contributed by atoms with Crippen LogP contribution < -0.4 is 10.1 Å². The number of benzene rings is 1. The molecule has 1 fully saturated rings. The Bertz CT molecular complexity index is 569. The van der Waals surface area contributed by atoms with Crippen LogP contribution in [0, 0.1) is 5.92 Å². The first kappa shape index (κ1) is 13.5. The van der Waals surface area contributed by atoms with Crippen LogP contribution in [0.4, 0.5) is 0 Å². The first-order valence-corrected chi connectivity index (χ1v) is 7.61. The summed E-state index contributed by atoms with van der Waals surface area (Å²) in [7, 11) is 1.68. The Hall–Kier alpha value is -1.53. The highest BCUT2D eigenvalue weighted by Gasteiger charge is 2.20. The van der Waals surface area contributed by atoms with Crippen LogP contribution in [-0.4, -0.2) is 30.3 Å². The second-order valence-electron chi connectivity index (χ2n) is 4.77. The minimum absolute atomic E-state index is 0.655. The van der Waals surface area contributed by atoms with E-state index in [2.05, 4.69) is 15.5 Å². The molecule has 20 heavy (non-hydrogen) atoms. The zero-order chi connectivity index (χ0) is 13.8. The second-order valence-corrected chi connectivity index (χ2v) is 5.79. The predicted molar refractivity (Wildman–Crippen MR) is 76.9 cm³/mol. The van der Waals surface area contributed by atoms with E-state index in [0.29, 0.717) is 17.6 Å². The first-order chi connectivity index (χ1) is 9.85. The number of para-hydroxylation sites is 1. The number of thioether (sulfide) groups is 1. The van der Waals surface area contributed by atoms with Crippen LogP contribution >= 0.6 is 11.8 Å². The molecule has 5 nitrogen and oxygen atoms in total. The molecule has 1 aliphatic heterocycles. The van der Waals surface area contributed by atoms with Crippen molar-refractivity contribution in [3.8, 4) is 5.75 Å². The van der Waals surface area contributed by atoms with Gasteiger partial charge in [-0.3, -0.25) is 0 Å². The van der Waals surface area contributed by atoms with E-state index in [1.807, 2.05) is 24.3 Å². The topological polar surface area (TPSA) is 60.2 Å². The summed E-state index contributed by atoms with van der Waals surface area (Å²) < 4.78 is 10.6. The average molecular weight is 291 g/mol. The van der Waals surface area contributed by atoms with Gasteiger partial charge < -0.3 is 14.6 Å². The molecule has 0 atom stereocenters. The molecule has 106 valence electrons. The lowest BCUT2D eigenvalue weighted by Crippen LogP contribution is -2.43. The number of hydrogen-bond acceptors (Lipinski definition) is 6. The summed E-state index contributed by atoms with van der Waals surface area (Å²) in [5, 5.41) is 7.28. The lowest BCUT2D eigenvalue weighted by atomic mass is 9.99. The van der Waals surface area contributed by atoms with Gasteiger partial charge in [-0.25, -0.2) is 0 Å². The predicted octanol–water partition coefficient (Wildman–Crippen LogP) is 2.13. The molecule has 2 heterocycles. The van der Waals surface area contributed by atoms with Gasteiger partial charge in [-0.15, -0.1) is 11.8 Å². The van der Waals surface area contributed by atoms with Gasteiger partial charge in [-0.05, 0) is 31.1 Å². The molecule has 0 radical (unpaired) electrons. The van der Waals surface area contributed by atoms with E-state index in [4.69, 9.17) is 9.26 Å². The zero-order valence-electron chi connectivity index (χ0n) is 11.3. The fourth-order valence-electron chi connectivity index (χ4n) is 2.06. The third kappa shape index (κ3) is 3.13. The smallest absolute Gasteiger partial charge is 0.237 e. The molecule has 6 heteroatoms. The molecule has 2 aromatic rings. The van der Waals surface area contributed by atoms with Crippen LogP contribution in [-0.2, 0) is 12.2 Å². The Morgan fingerprint density at radius 3 is 3.00 bits per heavy atom. The van der Waals surface area contributed by atoms with Gasteiger partial charge in [0.25, 0.3) is 0 Å². The van der Waals surface area contributed by atoms with E-state index in [-0.39, 0.29) is 0 Å².